The number of ketones is 1. The van der Waals surface area contributed by atoms with Crippen LogP contribution in [0.3, 0.4) is 0 Å². The van der Waals surface area contributed by atoms with Crippen molar-refractivity contribution in [1.82, 2.24) is 25.3 Å². The molecule has 4 aromatic rings. The Morgan fingerprint density at radius 2 is 1.74 bits per heavy atom. The third kappa shape index (κ3) is 3.62. The van der Waals surface area contributed by atoms with Gasteiger partial charge in [-0.05, 0) is 17.7 Å². The number of carbonyl (C=O) groups excluding carboxylic acids is 1. The number of hydrogen-bond donors (Lipinski definition) is 1. The van der Waals surface area contributed by atoms with Gasteiger partial charge in [-0.1, -0.05) is 12.1 Å². The zero-order valence-corrected chi connectivity index (χ0v) is 18.1. The fourth-order valence-corrected chi connectivity index (χ4v) is 4.63. The summed E-state index contributed by atoms with van der Waals surface area (Å²) in [5.41, 5.74) is 1.57. The molecule has 0 spiro atoms. The molecular formula is C25H17F3N6O. The molecule has 0 saturated carbocycles. The van der Waals surface area contributed by atoms with Crippen molar-refractivity contribution in [2.75, 3.05) is 18.0 Å². The number of aromatic nitrogens is 4. The third-order valence-corrected chi connectivity index (χ3v) is 6.29. The lowest BCUT2D eigenvalue weighted by Crippen LogP contribution is -2.33. The SMILES string of the molecule is O=C(c1cccc(F)c1-c1ncccn1)C1NCC2CN(c3cnc4cc(F)c(F)cc4n3)C=C21. The van der Waals surface area contributed by atoms with E-state index in [-0.39, 0.29) is 39.7 Å². The number of benzene rings is 2. The van der Waals surface area contributed by atoms with Crippen LogP contribution in [0.15, 0.2) is 66.8 Å². The van der Waals surface area contributed by atoms with Gasteiger partial charge in [0.25, 0.3) is 0 Å². The van der Waals surface area contributed by atoms with Crippen LogP contribution in [-0.4, -0.2) is 44.9 Å². The van der Waals surface area contributed by atoms with Gasteiger partial charge in [-0.15, -0.1) is 0 Å². The molecule has 2 aliphatic heterocycles. The Morgan fingerprint density at radius 1 is 0.971 bits per heavy atom. The third-order valence-electron chi connectivity index (χ3n) is 6.29. The van der Waals surface area contributed by atoms with Crippen LogP contribution in [0.4, 0.5) is 19.0 Å². The van der Waals surface area contributed by atoms with Gasteiger partial charge in [0.05, 0.1) is 28.8 Å². The highest BCUT2D eigenvalue weighted by atomic mass is 19.2. The summed E-state index contributed by atoms with van der Waals surface area (Å²) in [7, 11) is 0. The first kappa shape index (κ1) is 21.4. The Morgan fingerprint density at radius 3 is 2.54 bits per heavy atom. The molecule has 0 bridgehead atoms. The van der Waals surface area contributed by atoms with Crippen molar-refractivity contribution in [1.29, 1.82) is 0 Å². The molecule has 174 valence electrons. The van der Waals surface area contributed by atoms with E-state index >= 15 is 0 Å². The first-order valence-corrected chi connectivity index (χ1v) is 10.9. The lowest BCUT2D eigenvalue weighted by molar-refractivity contribution is 0.0966. The van der Waals surface area contributed by atoms with Crippen molar-refractivity contribution in [2.45, 2.75) is 6.04 Å². The van der Waals surface area contributed by atoms with Gasteiger partial charge in [0.1, 0.15) is 5.82 Å². The fourth-order valence-electron chi connectivity index (χ4n) is 4.63. The molecule has 35 heavy (non-hydrogen) atoms. The fraction of sp³-hybridized carbons (Fsp3) is 0.160. The second-order valence-electron chi connectivity index (χ2n) is 8.40. The molecule has 1 fully saturated rings. The molecular weight excluding hydrogens is 457 g/mol. The van der Waals surface area contributed by atoms with E-state index in [0.29, 0.717) is 18.9 Å². The van der Waals surface area contributed by atoms with Crippen LogP contribution in [-0.2, 0) is 0 Å². The minimum absolute atomic E-state index is 0.0244. The molecule has 0 radical (unpaired) electrons. The van der Waals surface area contributed by atoms with E-state index in [2.05, 4.69) is 25.3 Å². The molecule has 10 heteroatoms. The molecule has 0 aliphatic carbocycles. The summed E-state index contributed by atoms with van der Waals surface area (Å²) in [6.45, 7) is 1.08. The smallest absolute Gasteiger partial charge is 0.184 e. The van der Waals surface area contributed by atoms with Crippen molar-refractivity contribution in [3.8, 4) is 11.4 Å². The van der Waals surface area contributed by atoms with E-state index in [1.54, 1.807) is 12.1 Å². The van der Waals surface area contributed by atoms with Crippen LogP contribution in [0.5, 0.6) is 0 Å². The Bertz CT molecular complexity index is 1510. The molecule has 4 heterocycles. The number of Topliss-reactive ketones (excluding diaryl/α,β-unsaturated/α-hetero) is 1. The summed E-state index contributed by atoms with van der Waals surface area (Å²) in [5.74, 6) is -2.22. The zero-order chi connectivity index (χ0) is 24.1. The average Bonchev–Trinajstić information content (AvgIpc) is 3.46. The number of hydrogen-bond acceptors (Lipinski definition) is 7. The summed E-state index contributed by atoms with van der Waals surface area (Å²) >= 11 is 0. The van der Waals surface area contributed by atoms with Gasteiger partial charge in [-0.2, -0.15) is 0 Å². The van der Waals surface area contributed by atoms with Gasteiger partial charge in [0.15, 0.2) is 29.1 Å². The minimum Gasteiger partial charge on any atom is -0.331 e. The van der Waals surface area contributed by atoms with Crippen LogP contribution < -0.4 is 10.2 Å². The van der Waals surface area contributed by atoms with E-state index in [1.807, 2.05) is 11.1 Å². The number of nitrogens with one attached hydrogen (secondary N) is 1. The highest BCUT2D eigenvalue weighted by molar-refractivity contribution is 6.07. The van der Waals surface area contributed by atoms with E-state index in [4.69, 9.17) is 0 Å². The number of carbonyl (C=O) groups is 1. The Labute approximate surface area is 197 Å². The van der Waals surface area contributed by atoms with Crippen LogP contribution in [0.2, 0.25) is 0 Å². The zero-order valence-electron chi connectivity index (χ0n) is 18.1. The van der Waals surface area contributed by atoms with Crippen LogP contribution in [0.1, 0.15) is 10.4 Å². The molecule has 2 aliphatic rings. The quantitative estimate of drug-likeness (QED) is 0.452. The number of rotatable bonds is 4. The van der Waals surface area contributed by atoms with Gasteiger partial charge in [0.2, 0.25) is 0 Å². The Balaban J connectivity index is 1.34. The van der Waals surface area contributed by atoms with Crippen LogP contribution in [0.25, 0.3) is 22.4 Å². The van der Waals surface area contributed by atoms with Crippen LogP contribution >= 0.6 is 0 Å². The first-order chi connectivity index (χ1) is 17.0. The van der Waals surface area contributed by atoms with Crippen molar-refractivity contribution in [3.63, 3.8) is 0 Å². The number of anilines is 1. The predicted octanol–water partition coefficient (Wildman–Crippen LogP) is 3.68. The number of nitrogens with zero attached hydrogens (tertiary/aromatic N) is 5. The molecule has 7 nitrogen and oxygen atoms in total. The lowest BCUT2D eigenvalue weighted by Gasteiger charge is -2.17. The monoisotopic (exact) mass is 474 g/mol. The lowest BCUT2D eigenvalue weighted by atomic mass is 9.92. The van der Waals surface area contributed by atoms with E-state index in [1.165, 1.54) is 30.7 Å². The first-order valence-electron chi connectivity index (χ1n) is 10.9. The summed E-state index contributed by atoms with van der Waals surface area (Å²) in [6.07, 6.45) is 6.30. The van der Waals surface area contributed by atoms with Gasteiger partial charge in [-0.3, -0.25) is 9.78 Å². The number of halogens is 3. The second-order valence-corrected chi connectivity index (χ2v) is 8.40. The maximum absolute atomic E-state index is 14.8. The number of fused-ring (bicyclic) bond motifs is 2. The normalized spacial score (nSPS) is 19.2. The standard InChI is InChI=1S/C25H17F3N6O/c26-16-4-1-3-14(22(16)25-29-5-2-6-30-25)24(35)23-15-12-34(11-13(15)9-32-23)21-10-31-19-7-17(27)18(28)8-20(19)33-21/h1-8,10,12-13,23,32H,9,11H2. The Hall–Kier alpha value is -4.18. The summed E-state index contributed by atoms with van der Waals surface area (Å²) in [4.78, 5) is 32.3. The molecule has 2 aromatic heterocycles. The average molecular weight is 474 g/mol. The summed E-state index contributed by atoms with van der Waals surface area (Å²) in [5, 5.41) is 3.24. The van der Waals surface area contributed by atoms with Gasteiger partial charge in [-0.25, -0.2) is 28.1 Å². The molecule has 6 rings (SSSR count). The summed E-state index contributed by atoms with van der Waals surface area (Å²) in [6, 6.07) is 7.31. The second kappa shape index (κ2) is 8.24. The predicted molar refractivity (Wildman–Crippen MR) is 122 cm³/mol. The highest BCUT2D eigenvalue weighted by Crippen LogP contribution is 2.35. The molecule has 2 unspecified atom stereocenters. The van der Waals surface area contributed by atoms with Crippen LogP contribution in [0, 0.1) is 23.4 Å². The molecule has 2 atom stereocenters. The van der Waals surface area contributed by atoms with Crippen molar-refractivity contribution in [2.24, 2.45) is 5.92 Å². The maximum atomic E-state index is 14.8. The molecule has 1 N–H and O–H groups in total. The molecule has 0 amide bonds. The van der Waals surface area contributed by atoms with Crippen molar-refractivity contribution >= 4 is 22.6 Å². The largest absolute Gasteiger partial charge is 0.331 e. The van der Waals surface area contributed by atoms with E-state index in [9.17, 15) is 18.0 Å². The van der Waals surface area contributed by atoms with Crippen molar-refractivity contribution in [3.05, 3.63) is 89.8 Å². The maximum Gasteiger partial charge on any atom is 0.184 e. The minimum atomic E-state index is -0.997. The van der Waals surface area contributed by atoms with Crippen molar-refractivity contribution < 1.29 is 18.0 Å². The van der Waals surface area contributed by atoms with E-state index < -0.39 is 23.5 Å². The molecule has 2 aromatic carbocycles. The Kier molecular flexibility index (Phi) is 5.03. The molecule has 1 saturated heterocycles. The van der Waals surface area contributed by atoms with Gasteiger partial charge >= 0.3 is 0 Å². The topological polar surface area (TPSA) is 83.9 Å². The van der Waals surface area contributed by atoms with Gasteiger partial charge < -0.3 is 10.2 Å². The van der Waals surface area contributed by atoms with Gasteiger partial charge in [0, 0.05) is 55.3 Å². The highest BCUT2D eigenvalue weighted by Gasteiger charge is 2.41. The summed E-state index contributed by atoms with van der Waals surface area (Å²) < 4.78 is 41.9. The van der Waals surface area contributed by atoms with E-state index in [0.717, 1.165) is 17.7 Å².